The zero-order valence-corrected chi connectivity index (χ0v) is 23.9. The van der Waals surface area contributed by atoms with Gasteiger partial charge in [0.05, 0.1) is 19.8 Å². The average Bonchev–Trinajstić information content (AvgIpc) is 2.75. The monoisotopic (exact) mass is 472 g/mol. The van der Waals surface area contributed by atoms with E-state index in [9.17, 15) is 5.11 Å². The van der Waals surface area contributed by atoms with Gasteiger partial charge in [0.25, 0.3) is 0 Å². The van der Waals surface area contributed by atoms with E-state index in [1.54, 1.807) is 14.2 Å². The summed E-state index contributed by atoms with van der Waals surface area (Å²) in [5.74, 6) is 10.3. The van der Waals surface area contributed by atoms with E-state index < -0.39 is 5.60 Å². The Labute approximate surface area is 211 Å². The number of rotatable bonds is 14. The standard InChI is InChI=1S/C31H52O3/c1-22(2)14-11-15-23(3)16-12-17-24(4)18-13-20-31(8,32)21-19-28-27(7)29(33-9)25(5)26(6)30(28)34-10/h22-24,32H,11-18,20H2,1-10H3/t23-,24-,31+/m1/s1. The second-order valence-corrected chi connectivity index (χ2v) is 11.2. The lowest BCUT2D eigenvalue weighted by atomic mass is 9.90. The molecular weight excluding hydrogens is 420 g/mol. The number of ether oxygens (including phenoxy) is 2. The highest BCUT2D eigenvalue weighted by atomic mass is 16.5. The Balaban J connectivity index is 2.59. The van der Waals surface area contributed by atoms with E-state index in [2.05, 4.69) is 39.5 Å². The van der Waals surface area contributed by atoms with Crippen LogP contribution >= 0.6 is 0 Å². The van der Waals surface area contributed by atoms with Crippen molar-refractivity contribution in [2.75, 3.05) is 14.2 Å². The maximum Gasteiger partial charge on any atom is 0.138 e. The van der Waals surface area contributed by atoms with E-state index in [4.69, 9.17) is 9.47 Å². The highest BCUT2D eigenvalue weighted by molar-refractivity contribution is 5.63. The Morgan fingerprint density at radius 2 is 1.21 bits per heavy atom. The molecular formula is C31H52O3. The zero-order chi connectivity index (χ0) is 25.9. The number of hydrogen-bond acceptors (Lipinski definition) is 3. The van der Waals surface area contributed by atoms with Gasteiger partial charge in [-0.05, 0) is 69.4 Å². The Bertz CT molecular complexity index is 810. The van der Waals surface area contributed by atoms with Gasteiger partial charge in [-0.15, -0.1) is 0 Å². The maximum absolute atomic E-state index is 10.9. The van der Waals surface area contributed by atoms with E-state index in [-0.39, 0.29) is 0 Å². The molecule has 3 nitrogen and oxygen atoms in total. The highest BCUT2D eigenvalue weighted by Gasteiger charge is 2.20. The molecule has 0 aliphatic rings. The Morgan fingerprint density at radius 1 is 0.735 bits per heavy atom. The third kappa shape index (κ3) is 9.91. The largest absolute Gasteiger partial charge is 0.496 e. The van der Waals surface area contributed by atoms with Gasteiger partial charge >= 0.3 is 0 Å². The average molecular weight is 473 g/mol. The van der Waals surface area contributed by atoms with Crippen molar-refractivity contribution in [2.24, 2.45) is 17.8 Å². The van der Waals surface area contributed by atoms with Crippen LogP contribution in [0.15, 0.2) is 0 Å². The van der Waals surface area contributed by atoms with Crippen LogP contribution in [0.25, 0.3) is 0 Å². The summed E-state index contributed by atoms with van der Waals surface area (Å²) in [5, 5.41) is 10.9. The van der Waals surface area contributed by atoms with E-state index in [0.29, 0.717) is 12.3 Å². The number of aliphatic hydroxyl groups is 1. The van der Waals surface area contributed by atoms with Gasteiger partial charge in [-0.3, -0.25) is 0 Å². The molecule has 1 aromatic carbocycles. The van der Waals surface area contributed by atoms with Gasteiger partial charge in [0.15, 0.2) is 0 Å². The summed E-state index contributed by atoms with van der Waals surface area (Å²) in [6.07, 6.45) is 10.8. The van der Waals surface area contributed by atoms with Crippen molar-refractivity contribution < 1.29 is 14.6 Å². The maximum atomic E-state index is 10.9. The summed E-state index contributed by atoms with van der Waals surface area (Å²) in [5.41, 5.74) is 2.83. The second kappa shape index (κ2) is 14.7. The van der Waals surface area contributed by atoms with Gasteiger partial charge in [-0.1, -0.05) is 84.5 Å². The molecule has 0 aromatic heterocycles. The molecule has 0 saturated carbocycles. The molecule has 0 amide bonds. The fraction of sp³-hybridized carbons (Fsp3) is 0.742. The van der Waals surface area contributed by atoms with Crippen molar-refractivity contribution in [1.82, 2.24) is 0 Å². The lowest BCUT2D eigenvalue weighted by Gasteiger charge is -2.20. The van der Waals surface area contributed by atoms with Crippen LogP contribution in [0.4, 0.5) is 0 Å². The summed E-state index contributed by atoms with van der Waals surface area (Å²) >= 11 is 0. The third-order valence-corrected chi connectivity index (χ3v) is 7.28. The van der Waals surface area contributed by atoms with Crippen molar-refractivity contribution in [1.29, 1.82) is 0 Å². The van der Waals surface area contributed by atoms with E-state index in [1.165, 1.54) is 38.5 Å². The molecule has 0 saturated heterocycles. The van der Waals surface area contributed by atoms with Crippen molar-refractivity contribution >= 4 is 0 Å². The minimum absolute atomic E-state index is 0.680. The smallest absolute Gasteiger partial charge is 0.138 e. The molecule has 194 valence electrons. The van der Waals surface area contributed by atoms with Gasteiger partial charge in [0, 0.05) is 5.56 Å². The SMILES string of the molecule is COc1c(C)c(C)c(OC)c(C#C[C@@](C)(O)CCC[C@H](C)CCC[C@H](C)CCCC(C)C)c1C. The first kappa shape index (κ1) is 30.4. The molecule has 0 radical (unpaired) electrons. The molecule has 0 aliphatic carbocycles. The molecule has 1 aromatic rings. The number of hydrogen-bond donors (Lipinski definition) is 1. The van der Waals surface area contributed by atoms with Crippen molar-refractivity contribution in [2.45, 2.75) is 119 Å². The minimum Gasteiger partial charge on any atom is -0.496 e. The summed E-state index contributed by atoms with van der Waals surface area (Å²) in [6.45, 7) is 17.3. The summed E-state index contributed by atoms with van der Waals surface area (Å²) < 4.78 is 11.3. The van der Waals surface area contributed by atoms with E-state index >= 15 is 0 Å². The highest BCUT2D eigenvalue weighted by Crippen LogP contribution is 2.37. The molecule has 0 bridgehead atoms. The number of methoxy groups -OCH3 is 2. The van der Waals surface area contributed by atoms with Crippen LogP contribution in [0.1, 0.15) is 115 Å². The van der Waals surface area contributed by atoms with Crippen LogP contribution in [0.2, 0.25) is 0 Å². The Kier molecular flexibility index (Phi) is 13.1. The molecule has 0 aliphatic heterocycles. The Morgan fingerprint density at radius 3 is 1.71 bits per heavy atom. The quantitative estimate of drug-likeness (QED) is 0.277. The fourth-order valence-electron chi connectivity index (χ4n) is 4.84. The van der Waals surface area contributed by atoms with Crippen LogP contribution in [-0.4, -0.2) is 24.9 Å². The first-order valence-corrected chi connectivity index (χ1v) is 13.4. The van der Waals surface area contributed by atoms with Crippen LogP contribution in [0.3, 0.4) is 0 Å². The van der Waals surface area contributed by atoms with Gasteiger partial charge < -0.3 is 14.6 Å². The van der Waals surface area contributed by atoms with Gasteiger partial charge in [0.1, 0.15) is 17.1 Å². The summed E-state index contributed by atoms with van der Waals surface area (Å²) in [4.78, 5) is 0. The first-order valence-electron chi connectivity index (χ1n) is 13.4. The van der Waals surface area contributed by atoms with Gasteiger partial charge in [-0.2, -0.15) is 0 Å². The second-order valence-electron chi connectivity index (χ2n) is 11.2. The van der Waals surface area contributed by atoms with Gasteiger partial charge in [-0.25, -0.2) is 0 Å². The van der Waals surface area contributed by atoms with Crippen LogP contribution in [0, 0.1) is 50.4 Å². The van der Waals surface area contributed by atoms with E-state index in [1.807, 2.05) is 27.7 Å². The van der Waals surface area contributed by atoms with Crippen molar-refractivity contribution in [3.63, 3.8) is 0 Å². The van der Waals surface area contributed by atoms with Gasteiger partial charge in [0.2, 0.25) is 0 Å². The molecule has 1 N–H and O–H groups in total. The predicted octanol–water partition coefficient (Wildman–Crippen LogP) is 8.17. The topological polar surface area (TPSA) is 38.7 Å². The fourth-order valence-corrected chi connectivity index (χ4v) is 4.84. The molecule has 34 heavy (non-hydrogen) atoms. The van der Waals surface area contributed by atoms with Crippen LogP contribution < -0.4 is 9.47 Å². The molecule has 1 rings (SSSR count). The molecule has 0 fully saturated rings. The lowest BCUT2D eigenvalue weighted by molar-refractivity contribution is 0.107. The third-order valence-electron chi connectivity index (χ3n) is 7.28. The minimum atomic E-state index is -1.02. The summed E-state index contributed by atoms with van der Waals surface area (Å²) in [7, 11) is 3.36. The lowest BCUT2D eigenvalue weighted by Crippen LogP contribution is -2.21. The van der Waals surface area contributed by atoms with Crippen molar-refractivity contribution in [3.8, 4) is 23.3 Å². The molecule has 0 spiro atoms. The zero-order valence-electron chi connectivity index (χ0n) is 23.9. The molecule has 0 heterocycles. The number of benzene rings is 1. The first-order chi connectivity index (χ1) is 15.9. The predicted molar refractivity (Wildman–Crippen MR) is 146 cm³/mol. The van der Waals surface area contributed by atoms with Crippen LogP contribution in [-0.2, 0) is 0 Å². The van der Waals surface area contributed by atoms with E-state index in [0.717, 1.165) is 58.4 Å². The molecule has 3 atom stereocenters. The molecule has 3 heteroatoms. The summed E-state index contributed by atoms with van der Waals surface area (Å²) in [6, 6.07) is 0. The van der Waals surface area contributed by atoms with Crippen LogP contribution in [0.5, 0.6) is 11.5 Å². The normalized spacial score (nSPS) is 14.8. The molecule has 0 unspecified atom stereocenters. The Hall–Kier alpha value is -1.66. The van der Waals surface area contributed by atoms with Crippen molar-refractivity contribution in [3.05, 3.63) is 22.3 Å².